The van der Waals surface area contributed by atoms with Crippen LogP contribution in [0.15, 0.2) is 60.7 Å². The van der Waals surface area contributed by atoms with Gasteiger partial charge in [-0.15, -0.1) is 0 Å². The molecular formula is C15H16N2O. The number of nitrogens with one attached hydrogen (secondary N) is 1. The molecule has 0 spiro atoms. The summed E-state index contributed by atoms with van der Waals surface area (Å²) in [6, 6.07) is 19.0. The lowest BCUT2D eigenvalue weighted by atomic mass is 10.1. The Kier molecular flexibility index (Phi) is 4.10. The van der Waals surface area contributed by atoms with E-state index in [1.807, 2.05) is 60.7 Å². The summed E-state index contributed by atoms with van der Waals surface area (Å²) >= 11 is 0. The first-order valence-corrected chi connectivity index (χ1v) is 5.89. The molecule has 0 aliphatic carbocycles. The van der Waals surface area contributed by atoms with E-state index in [0.29, 0.717) is 6.54 Å². The first-order valence-electron chi connectivity index (χ1n) is 5.89. The molecule has 0 radical (unpaired) electrons. The molecule has 3 N–H and O–H groups in total. The molecule has 3 nitrogen and oxygen atoms in total. The summed E-state index contributed by atoms with van der Waals surface area (Å²) in [5.41, 5.74) is 7.45. The lowest BCUT2D eigenvalue weighted by molar-refractivity contribution is -0.120. The highest BCUT2D eigenvalue weighted by molar-refractivity contribution is 5.81. The van der Waals surface area contributed by atoms with Crippen molar-refractivity contribution in [1.82, 2.24) is 5.32 Å². The number of hydrogen-bond acceptors (Lipinski definition) is 2. The molecular weight excluding hydrogens is 224 g/mol. The average molecular weight is 240 g/mol. The van der Waals surface area contributed by atoms with Gasteiger partial charge in [0.25, 0.3) is 0 Å². The van der Waals surface area contributed by atoms with Gasteiger partial charge >= 0.3 is 0 Å². The molecule has 18 heavy (non-hydrogen) atoms. The van der Waals surface area contributed by atoms with Crippen molar-refractivity contribution in [3.63, 3.8) is 0 Å². The zero-order valence-corrected chi connectivity index (χ0v) is 10.0. The molecule has 92 valence electrons. The van der Waals surface area contributed by atoms with Gasteiger partial charge in [0.15, 0.2) is 0 Å². The summed E-state index contributed by atoms with van der Waals surface area (Å²) in [6.45, 7) is 0.614. The predicted octanol–water partition coefficient (Wildman–Crippen LogP) is 2.00. The molecule has 0 heterocycles. The number of rotatable bonds is 5. The van der Waals surface area contributed by atoms with Crippen molar-refractivity contribution in [1.29, 1.82) is 0 Å². The van der Waals surface area contributed by atoms with E-state index in [1.165, 1.54) is 0 Å². The second-order valence-electron chi connectivity index (χ2n) is 4.11. The first kappa shape index (κ1) is 12.3. The minimum absolute atomic E-state index is 0.364. The Morgan fingerprint density at radius 3 is 2.11 bits per heavy atom. The number of carbonyl (C=O) groups is 1. The molecule has 2 rings (SSSR count). The molecule has 1 unspecified atom stereocenters. The summed E-state index contributed by atoms with van der Waals surface area (Å²) in [4.78, 5) is 11.5. The lowest BCUT2D eigenvalue weighted by Crippen LogP contribution is -2.33. The van der Waals surface area contributed by atoms with Crippen molar-refractivity contribution in [3.05, 3.63) is 71.8 Å². The molecule has 0 bridgehead atoms. The van der Waals surface area contributed by atoms with Crippen LogP contribution in [0.3, 0.4) is 0 Å². The van der Waals surface area contributed by atoms with E-state index in [1.54, 1.807) is 0 Å². The number of primary amides is 1. The van der Waals surface area contributed by atoms with Crippen molar-refractivity contribution in [2.24, 2.45) is 5.73 Å². The molecule has 2 aromatic rings. The van der Waals surface area contributed by atoms with E-state index in [4.69, 9.17) is 5.73 Å². The summed E-state index contributed by atoms with van der Waals surface area (Å²) in [6.07, 6.45) is 0. The predicted molar refractivity (Wildman–Crippen MR) is 71.7 cm³/mol. The highest BCUT2D eigenvalue weighted by Gasteiger charge is 2.16. The second kappa shape index (κ2) is 5.98. The Labute approximate surface area is 107 Å². The summed E-state index contributed by atoms with van der Waals surface area (Å²) < 4.78 is 0. The van der Waals surface area contributed by atoms with Crippen molar-refractivity contribution in [2.45, 2.75) is 12.6 Å². The maximum absolute atomic E-state index is 11.5. The summed E-state index contributed by atoms with van der Waals surface area (Å²) in [5, 5.41) is 3.18. The van der Waals surface area contributed by atoms with Crippen molar-refractivity contribution < 1.29 is 4.79 Å². The summed E-state index contributed by atoms with van der Waals surface area (Å²) in [5.74, 6) is -0.364. The molecule has 0 saturated carbocycles. The fourth-order valence-corrected chi connectivity index (χ4v) is 1.84. The van der Waals surface area contributed by atoms with Crippen LogP contribution in [0.5, 0.6) is 0 Å². The average Bonchev–Trinajstić information content (AvgIpc) is 2.41. The van der Waals surface area contributed by atoms with Gasteiger partial charge in [-0.1, -0.05) is 60.7 Å². The van der Waals surface area contributed by atoms with Gasteiger partial charge in [0.1, 0.15) is 6.04 Å². The van der Waals surface area contributed by atoms with Gasteiger partial charge in [0.2, 0.25) is 5.91 Å². The maximum Gasteiger partial charge on any atom is 0.239 e. The smallest absolute Gasteiger partial charge is 0.239 e. The molecule has 0 aromatic heterocycles. The Morgan fingerprint density at radius 1 is 1.00 bits per heavy atom. The third-order valence-electron chi connectivity index (χ3n) is 2.77. The molecule has 2 aromatic carbocycles. The second-order valence-corrected chi connectivity index (χ2v) is 4.11. The van der Waals surface area contributed by atoms with Crippen LogP contribution >= 0.6 is 0 Å². The van der Waals surface area contributed by atoms with E-state index in [2.05, 4.69) is 5.32 Å². The molecule has 0 saturated heterocycles. The number of amides is 1. The van der Waals surface area contributed by atoms with Gasteiger partial charge in [-0.3, -0.25) is 10.1 Å². The third-order valence-corrected chi connectivity index (χ3v) is 2.77. The largest absolute Gasteiger partial charge is 0.368 e. The normalized spacial score (nSPS) is 12.0. The van der Waals surface area contributed by atoms with Crippen LogP contribution < -0.4 is 11.1 Å². The fourth-order valence-electron chi connectivity index (χ4n) is 1.84. The molecule has 0 aliphatic rings. The highest BCUT2D eigenvalue weighted by Crippen LogP contribution is 2.12. The van der Waals surface area contributed by atoms with E-state index in [0.717, 1.165) is 11.1 Å². The van der Waals surface area contributed by atoms with Gasteiger partial charge in [0, 0.05) is 6.54 Å². The van der Waals surface area contributed by atoms with Gasteiger partial charge in [-0.25, -0.2) is 0 Å². The van der Waals surface area contributed by atoms with Crippen molar-refractivity contribution >= 4 is 5.91 Å². The third kappa shape index (κ3) is 3.18. The van der Waals surface area contributed by atoms with Gasteiger partial charge in [0.05, 0.1) is 0 Å². The SMILES string of the molecule is NC(=O)C(NCc1ccccc1)c1ccccc1. The van der Waals surface area contributed by atoms with E-state index < -0.39 is 6.04 Å². The molecule has 1 atom stereocenters. The van der Waals surface area contributed by atoms with Crippen LogP contribution in [0, 0.1) is 0 Å². The maximum atomic E-state index is 11.5. The van der Waals surface area contributed by atoms with Gasteiger partial charge in [-0.2, -0.15) is 0 Å². The minimum atomic E-state index is -0.452. The standard InChI is InChI=1S/C15H16N2O/c16-15(18)14(13-9-5-2-6-10-13)17-11-12-7-3-1-4-8-12/h1-10,14,17H,11H2,(H2,16,18). The van der Waals surface area contributed by atoms with Crippen LogP contribution in [-0.2, 0) is 11.3 Å². The number of benzene rings is 2. The van der Waals surface area contributed by atoms with Gasteiger partial charge < -0.3 is 5.73 Å². The first-order chi connectivity index (χ1) is 8.77. The molecule has 1 amide bonds. The zero-order chi connectivity index (χ0) is 12.8. The van der Waals surface area contributed by atoms with Crippen molar-refractivity contribution in [3.8, 4) is 0 Å². The summed E-state index contributed by atoms with van der Waals surface area (Å²) in [7, 11) is 0. The van der Waals surface area contributed by atoms with Crippen LogP contribution in [0.25, 0.3) is 0 Å². The Balaban J connectivity index is 2.06. The topological polar surface area (TPSA) is 55.1 Å². The van der Waals surface area contributed by atoms with Gasteiger partial charge in [-0.05, 0) is 11.1 Å². The van der Waals surface area contributed by atoms with Crippen LogP contribution in [0.4, 0.5) is 0 Å². The Morgan fingerprint density at radius 2 is 1.56 bits per heavy atom. The highest BCUT2D eigenvalue weighted by atomic mass is 16.1. The van der Waals surface area contributed by atoms with E-state index in [9.17, 15) is 4.79 Å². The van der Waals surface area contributed by atoms with Crippen LogP contribution in [0.2, 0.25) is 0 Å². The Hall–Kier alpha value is -2.13. The lowest BCUT2D eigenvalue weighted by Gasteiger charge is -2.15. The molecule has 0 fully saturated rings. The van der Waals surface area contributed by atoms with Crippen LogP contribution in [0.1, 0.15) is 17.2 Å². The number of nitrogens with two attached hydrogens (primary N) is 1. The fraction of sp³-hybridized carbons (Fsp3) is 0.133. The van der Waals surface area contributed by atoms with Crippen molar-refractivity contribution in [2.75, 3.05) is 0 Å². The molecule has 3 heteroatoms. The monoisotopic (exact) mass is 240 g/mol. The Bertz CT molecular complexity index is 496. The van der Waals surface area contributed by atoms with E-state index >= 15 is 0 Å². The zero-order valence-electron chi connectivity index (χ0n) is 10.0. The molecule has 0 aliphatic heterocycles. The van der Waals surface area contributed by atoms with Crippen LogP contribution in [-0.4, -0.2) is 5.91 Å². The minimum Gasteiger partial charge on any atom is -0.368 e. The quantitative estimate of drug-likeness (QED) is 0.840. The number of carbonyl (C=O) groups excluding carboxylic acids is 1. The number of hydrogen-bond donors (Lipinski definition) is 2. The van der Waals surface area contributed by atoms with E-state index in [-0.39, 0.29) is 5.91 Å².